The van der Waals surface area contributed by atoms with E-state index in [4.69, 9.17) is 5.73 Å². The van der Waals surface area contributed by atoms with Gasteiger partial charge in [0.05, 0.1) is 0 Å². The second-order valence-electron chi connectivity index (χ2n) is 4.67. The van der Waals surface area contributed by atoms with Crippen LogP contribution < -0.4 is 5.73 Å². The lowest BCUT2D eigenvalue weighted by Gasteiger charge is -2.09. The maximum absolute atomic E-state index is 6.10. The largest absolute Gasteiger partial charge is 0.324 e. The van der Waals surface area contributed by atoms with Crippen molar-refractivity contribution in [2.75, 3.05) is 0 Å². The molecule has 0 spiro atoms. The highest BCUT2D eigenvalue weighted by Crippen LogP contribution is 2.32. The van der Waals surface area contributed by atoms with Gasteiger partial charge in [-0.2, -0.15) is 0 Å². The maximum atomic E-state index is 6.10. The second kappa shape index (κ2) is 4.30. The molecule has 0 saturated heterocycles. The molecule has 1 aliphatic carbocycles. The molecule has 1 aliphatic rings. The van der Waals surface area contributed by atoms with Gasteiger partial charge in [0.2, 0.25) is 0 Å². The summed E-state index contributed by atoms with van der Waals surface area (Å²) in [7, 11) is 0. The fourth-order valence-electron chi connectivity index (χ4n) is 2.65. The van der Waals surface area contributed by atoms with Gasteiger partial charge in [-0.3, -0.25) is 4.98 Å². The zero-order chi connectivity index (χ0) is 11.7. The molecule has 2 N–H and O–H groups in total. The van der Waals surface area contributed by atoms with Crippen molar-refractivity contribution >= 4 is 0 Å². The number of benzene rings is 1. The van der Waals surface area contributed by atoms with Crippen molar-refractivity contribution in [3.63, 3.8) is 0 Å². The lowest BCUT2D eigenvalue weighted by molar-refractivity contribution is 0.713. The van der Waals surface area contributed by atoms with Gasteiger partial charge in [0, 0.05) is 18.4 Å². The van der Waals surface area contributed by atoms with Crippen LogP contribution in [0.4, 0.5) is 0 Å². The van der Waals surface area contributed by atoms with Gasteiger partial charge in [-0.15, -0.1) is 0 Å². The van der Waals surface area contributed by atoms with Crippen LogP contribution in [0.2, 0.25) is 0 Å². The third kappa shape index (κ3) is 1.96. The molecule has 1 aromatic carbocycles. The molecule has 1 aromatic heterocycles. The van der Waals surface area contributed by atoms with Crippen LogP contribution in [0, 0.1) is 0 Å². The monoisotopic (exact) mass is 224 g/mol. The molecule has 1 unspecified atom stereocenters. The smallest absolute Gasteiger partial charge is 0.0303 e. The van der Waals surface area contributed by atoms with Gasteiger partial charge < -0.3 is 5.73 Å². The number of nitrogens with two attached hydrogens (primary N) is 1. The van der Waals surface area contributed by atoms with Crippen LogP contribution in [0.3, 0.4) is 0 Å². The van der Waals surface area contributed by atoms with Gasteiger partial charge in [0.1, 0.15) is 0 Å². The van der Waals surface area contributed by atoms with Gasteiger partial charge in [0.25, 0.3) is 0 Å². The van der Waals surface area contributed by atoms with Crippen molar-refractivity contribution in [1.82, 2.24) is 4.98 Å². The van der Waals surface area contributed by atoms with E-state index in [1.54, 1.807) is 0 Å². The summed E-state index contributed by atoms with van der Waals surface area (Å²) < 4.78 is 0. The molecule has 3 rings (SSSR count). The van der Waals surface area contributed by atoms with E-state index in [1.165, 1.54) is 22.3 Å². The zero-order valence-corrected chi connectivity index (χ0v) is 9.76. The van der Waals surface area contributed by atoms with Gasteiger partial charge in [0.15, 0.2) is 0 Å². The van der Waals surface area contributed by atoms with Gasteiger partial charge in [-0.05, 0) is 47.6 Å². The van der Waals surface area contributed by atoms with E-state index < -0.39 is 0 Å². The minimum Gasteiger partial charge on any atom is -0.324 e. The van der Waals surface area contributed by atoms with Crippen molar-refractivity contribution in [2.45, 2.75) is 25.3 Å². The van der Waals surface area contributed by atoms with Crippen LogP contribution in [0.5, 0.6) is 0 Å². The summed E-state index contributed by atoms with van der Waals surface area (Å²) in [5.74, 6) is 0. The van der Waals surface area contributed by atoms with Gasteiger partial charge in [-0.1, -0.05) is 24.3 Å². The van der Waals surface area contributed by atoms with Crippen LogP contribution in [0.1, 0.15) is 34.7 Å². The van der Waals surface area contributed by atoms with Crippen LogP contribution in [0.25, 0.3) is 0 Å². The minimum absolute atomic E-state index is 0.235. The van der Waals surface area contributed by atoms with E-state index in [9.17, 15) is 0 Å². The fourth-order valence-corrected chi connectivity index (χ4v) is 2.65. The third-order valence-electron chi connectivity index (χ3n) is 3.53. The third-order valence-corrected chi connectivity index (χ3v) is 3.53. The molecule has 1 atom stereocenters. The van der Waals surface area contributed by atoms with Crippen LogP contribution in [-0.2, 0) is 12.8 Å². The van der Waals surface area contributed by atoms with Crippen molar-refractivity contribution in [2.24, 2.45) is 5.73 Å². The van der Waals surface area contributed by atoms with E-state index in [0.29, 0.717) is 0 Å². The predicted molar refractivity (Wildman–Crippen MR) is 68.7 cm³/mol. The molecule has 2 nitrogen and oxygen atoms in total. The normalized spacial score (nSPS) is 18.1. The van der Waals surface area contributed by atoms with E-state index in [2.05, 4.69) is 29.2 Å². The highest BCUT2D eigenvalue weighted by atomic mass is 14.6. The Bertz CT molecular complexity index is 520. The Labute approximate surface area is 102 Å². The Morgan fingerprint density at radius 3 is 3.00 bits per heavy atom. The maximum Gasteiger partial charge on any atom is 0.0303 e. The summed E-state index contributed by atoms with van der Waals surface area (Å²) in [6, 6.07) is 10.9. The van der Waals surface area contributed by atoms with E-state index in [0.717, 1.165) is 19.3 Å². The Morgan fingerprint density at radius 2 is 2.18 bits per heavy atom. The molecule has 0 amide bonds. The molecule has 2 heteroatoms. The molecular weight excluding hydrogens is 208 g/mol. The molecular formula is C15H16N2. The van der Waals surface area contributed by atoms with Crippen molar-refractivity contribution in [3.05, 3.63) is 65.0 Å². The highest BCUT2D eigenvalue weighted by molar-refractivity contribution is 5.42. The number of pyridine rings is 1. The quantitative estimate of drug-likeness (QED) is 0.851. The summed E-state index contributed by atoms with van der Waals surface area (Å²) in [6.07, 6.45) is 6.92. The van der Waals surface area contributed by atoms with Crippen molar-refractivity contribution in [1.29, 1.82) is 0 Å². The first-order valence-corrected chi connectivity index (χ1v) is 6.10. The highest BCUT2D eigenvalue weighted by Gasteiger charge is 2.20. The fraction of sp³-hybridized carbons (Fsp3) is 0.267. The number of rotatable bonds is 2. The Hall–Kier alpha value is -1.67. The molecule has 0 bridgehead atoms. The second-order valence-corrected chi connectivity index (χ2v) is 4.67. The standard InChI is InChI=1S/C15H16N2/c16-15-7-6-13-12(4-1-5-14(13)15)9-11-3-2-8-17-10-11/h1-5,8,10,15H,6-7,9,16H2. The number of hydrogen-bond donors (Lipinski definition) is 1. The summed E-state index contributed by atoms with van der Waals surface area (Å²) in [5, 5.41) is 0. The average Bonchev–Trinajstić information content (AvgIpc) is 2.74. The molecule has 0 aliphatic heterocycles. The molecule has 2 aromatic rings. The lowest BCUT2D eigenvalue weighted by Crippen LogP contribution is -2.05. The van der Waals surface area contributed by atoms with Crippen LogP contribution in [0.15, 0.2) is 42.7 Å². The van der Waals surface area contributed by atoms with E-state index in [1.807, 2.05) is 18.5 Å². The summed E-state index contributed by atoms with van der Waals surface area (Å²) in [6.45, 7) is 0. The molecule has 17 heavy (non-hydrogen) atoms. The van der Waals surface area contributed by atoms with Crippen LogP contribution in [-0.4, -0.2) is 4.98 Å². The Morgan fingerprint density at radius 1 is 1.24 bits per heavy atom. The van der Waals surface area contributed by atoms with Crippen LogP contribution >= 0.6 is 0 Å². The number of nitrogens with zero attached hydrogens (tertiary/aromatic N) is 1. The molecule has 0 fully saturated rings. The SMILES string of the molecule is NC1CCc2c(Cc3cccnc3)cccc21. The minimum atomic E-state index is 0.235. The van der Waals surface area contributed by atoms with Gasteiger partial charge in [-0.25, -0.2) is 0 Å². The average molecular weight is 224 g/mol. The first kappa shape index (κ1) is 10.5. The zero-order valence-electron chi connectivity index (χ0n) is 9.76. The summed E-state index contributed by atoms with van der Waals surface area (Å²) >= 11 is 0. The molecule has 86 valence electrons. The Kier molecular flexibility index (Phi) is 2.65. The first-order chi connectivity index (χ1) is 8.34. The van der Waals surface area contributed by atoms with E-state index >= 15 is 0 Å². The predicted octanol–water partition coefficient (Wildman–Crippen LogP) is 2.62. The van der Waals surface area contributed by atoms with Crippen molar-refractivity contribution < 1.29 is 0 Å². The molecule has 0 saturated carbocycles. The lowest BCUT2D eigenvalue weighted by atomic mass is 9.97. The topological polar surface area (TPSA) is 38.9 Å². The van der Waals surface area contributed by atoms with Crippen molar-refractivity contribution in [3.8, 4) is 0 Å². The Balaban J connectivity index is 1.95. The number of fused-ring (bicyclic) bond motifs is 1. The number of hydrogen-bond acceptors (Lipinski definition) is 2. The summed E-state index contributed by atoms with van der Waals surface area (Å²) in [5.41, 5.74) is 11.6. The first-order valence-electron chi connectivity index (χ1n) is 6.10. The number of aromatic nitrogens is 1. The molecule has 0 radical (unpaired) electrons. The molecule has 1 heterocycles. The van der Waals surface area contributed by atoms with Gasteiger partial charge >= 0.3 is 0 Å². The summed E-state index contributed by atoms with van der Waals surface area (Å²) in [4.78, 5) is 4.16. The van der Waals surface area contributed by atoms with E-state index in [-0.39, 0.29) is 6.04 Å².